The number of para-hydroxylation sites is 1. The average molecular weight is 288 g/mol. The van der Waals surface area contributed by atoms with Gasteiger partial charge in [-0.2, -0.15) is 0 Å². The average Bonchev–Trinajstić information content (AvgIpc) is 2.70. The molecule has 2 rings (SSSR count). The number of rotatable bonds is 5. The predicted molar refractivity (Wildman–Crippen MR) is 79.3 cm³/mol. The molecule has 1 aliphatic heterocycles. The first-order valence-corrected chi connectivity index (χ1v) is 6.92. The number of ether oxygens (including phenoxy) is 2. The molecule has 0 amide bonds. The largest absolute Gasteiger partial charge is 0.496 e. The summed E-state index contributed by atoms with van der Waals surface area (Å²) in [5.74, 6) is 0.745. The van der Waals surface area contributed by atoms with E-state index in [0.29, 0.717) is 11.5 Å². The van der Waals surface area contributed by atoms with Crippen molar-refractivity contribution < 1.29 is 19.1 Å². The fraction of sp³-hybridized carbons (Fsp3) is 0.412. The molecule has 0 N–H and O–H groups in total. The molecule has 0 bridgehead atoms. The number of carbonyl (C=O) groups is 2. The van der Waals surface area contributed by atoms with Gasteiger partial charge >= 0.3 is 0 Å². The van der Waals surface area contributed by atoms with Gasteiger partial charge in [0.1, 0.15) is 11.5 Å². The summed E-state index contributed by atoms with van der Waals surface area (Å²) in [6.07, 6.45) is 1.71. The molecule has 0 unspecified atom stereocenters. The molecule has 0 radical (unpaired) electrons. The Morgan fingerprint density at radius 1 is 1.38 bits per heavy atom. The summed E-state index contributed by atoms with van der Waals surface area (Å²) in [6, 6.07) is 7.43. The Morgan fingerprint density at radius 3 is 2.57 bits per heavy atom. The van der Waals surface area contributed by atoms with Crippen LogP contribution >= 0.6 is 0 Å². The molecular formula is C17H20O4. The van der Waals surface area contributed by atoms with Crippen LogP contribution < -0.4 is 4.74 Å². The van der Waals surface area contributed by atoms with Crippen LogP contribution in [-0.4, -0.2) is 24.3 Å². The van der Waals surface area contributed by atoms with Gasteiger partial charge in [0.2, 0.25) is 5.78 Å². The van der Waals surface area contributed by atoms with E-state index >= 15 is 0 Å². The molecule has 1 heterocycles. The van der Waals surface area contributed by atoms with Crippen LogP contribution in [0.25, 0.3) is 0 Å². The van der Waals surface area contributed by atoms with Crippen molar-refractivity contribution in [3.8, 4) is 5.75 Å². The zero-order valence-electron chi connectivity index (χ0n) is 12.8. The Bertz CT molecular complexity index is 603. The minimum Gasteiger partial charge on any atom is -0.496 e. The van der Waals surface area contributed by atoms with Crippen LogP contribution in [0.5, 0.6) is 5.75 Å². The highest BCUT2D eigenvalue weighted by Gasteiger charge is 2.47. The Balaban J connectivity index is 2.49. The maximum Gasteiger partial charge on any atom is 0.202 e. The highest BCUT2D eigenvalue weighted by atomic mass is 16.5. The van der Waals surface area contributed by atoms with Crippen molar-refractivity contribution in [3.05, 3.63) is 41.7 Å². The molecule has 112 valence electrons. The topological polar surface area (TPSA) is 52.6 Å². The summed E-state index contributed by atoms with van der Waals surface area (Å²) in [4.78, 5) is 24.0. The SMILES string of the molecule is COc1ccccc1[C@@H](CC(C)=O)[C@@]1(C)OC(C)=CC1=O. The van der Waals surface area contributed by atoms with Gasteiger partial charge in [-0.1, -0.05) is 18.2 Å². The molecule has 4 nitrogen and oxygen atoms in total. The quantitative estimate of drug-likeness (QED) is 0.835. The van der Waals surface area contributed by atoms with Gasteiger partial charge in [0, 0.05) is 24.0 Å². The molecule has 0 fully saturated rings. The Kier molecular flexibility index (Phi) is 4.16. The van der Waals surface area contributed by atoms with E-state index in [1.165, 1.54) is 13.0 Å². The normalized spacial score (nSPS) is 22.5. The highest BCUT2D eigenvalue weighted by molar-refractivity contribution is 6.00. The monoisotopic (exact) mass is 288 g/mol. The second-order valence-corrected chi connectivity index (χ2v) is 5.53. The predicted octanol–water partition coefficient (Wildman–Crippen LogP) is 3.02. The first-order valence-electron chi connectivity index (χ1n) is 6.92. The second kappa shape index (κ2) is 5.72. The molecule has 0 spiro atoms. The number of hydrogen-bond donors (Lipinski definition) is 0. The molecule has 4 heteroatoms. The van der Waals surface area contributed by atoms with E-state index in [4.69, 9.17) is 9.47 Å². The van der Waals surface area contributed by atoms with Gasteiger partial charge in [-0.15, -0.1) is 0 Å². The number of hydrogen-bond acceptors (Lipinski definition) is 4. The van der Waals surface area contributed by atoms with Crippen LogP contribution in [0, 0.1) is 0 Å². The van der Waals surface area contributed by atoms with Gasteiger partial charge in [0.15, 0.2) is 5.60 Å². The summed E-state index contributed by atoms with van der Waals surface area (Å²) in [5.41, 5.74) is -0.251. The fourth-order valence-electron chi connectivity index (χ4n) is 2.83. The Hall–Kier alpha value is -2.10. The van der Waals surface area contributed by atoms with Crippen molar-refractivity contribution >= 4 is 11.6 Å². The smallest absolute Gasteiger partial charge is 0.202 e. The van der Waals surface area contributed by atoms with E-state index < -0.39 is 5.60 Å². The molecule has 0 aliphatic carbocycles. The van der Waals surface area contributed by atoms with Crippen molar-refractivity contribution in [1.29, 1.82) is 0 Å². The van der Waals surface area contributed by atoms with Crippen LogP contribution in [-0.2, 0) is 14.3 Å². The van der Waals surface area contributed by atoms with Gasteiger partial charge in [0.25, 0.3) is 0 Å². The van der Waals surface area contributed by atoms with E-state index in [0.717, 1.165) is 5.56 Å². The summed E-state index contributed by atoms with van der Waals surface area (Å²) < 4.78 is 11.2. The van der Waals surface area contributed by atoms with Crippen molar-refractivity contribution in [3.63, 3.8) is 0 Å². The zero-order valence-corrected chi connectivity index (χ0v) is 12.8. The van der Waals surface area contributed by atoms with Crippen LogP contribution in [0.2, 0.25) is 0 Å². The molecule has 0 saturated carbocycles. The molecule has 0 saturated heterocycles. The second-order valence-electron chi connectivity index (χ2n) is 5.53. The van der Waals surface area contributed by atoms with E-state index in [1.807, 2.05) is 24.3 Å². The van der Waals surface area contributed by atoms with Crippen molar-refractivity contribution in [1.82, 2.24) is 0 Å². The third kappa shape index (κ3) is 2.84. The Labute approximate surface area is 124 Å². The summed E-state index contributed by atoms with van der Waals surface area (Å²) in [6.45, 7) is 5.00. The maximum absolute atomic E-state index is 12.3. The van der Waals surface area contributed by atoms with Crippen LogP contribution in [0.3, 0.4) is 0 Å². The number of allylic oxidation sites excluding steroid dienone is 1. The molecule has 2 atom stereocenters. The first-order chi connectivity index (χ1) is 9.88. The molecule has 1 aliphatic rings. The number of benzene rings is 1. The minimum atomic E-state index is -1.07. The first kappa shape index (κ1) is 15.3. The van der Waals surface area contributed by atoms with E-state index in [9.17, 15) is 9.59 Å². The fourth-order valence-corrected chi connectivity index (χ4v) is 2.83. The summed E-state index contributed by atoms with van der Waals surface area (Å²) >= 11 is 0. The molecular weight excluding hydrogens is 268 g/mol. The minimum absolute atomic E-state index is 0.00749. The van der Waals surface area contributed by atoms with Gasteiger partial charge < -0.3 is 14.3 Å². The van der Waals surface area contributed by atoms with Crippen LogP contribution in [0.15, 0.2) is 36.1 Å². The maximum atomic E-state index is 12.3. The van der Waals surface area contributed by atoms with Crippen molar-refractivity contribution in [2.75, 3.05) is 7.11 Å². The lowest BCUT2D eigenvalue weighted by molar-refractivity contribution is -0.132. The number of Topliss-reactive ketones (excluding diaryl/α,β-unsaturated/α-hetero) is 1. The van der Waals surface area contributed by atoms with E-state index in [2.05, 4.69) is 0 Å². The number of methoxy groups -OCH3 is 1. The highest BCUT2D eigenvalue weighted by Crippen LogP contribution is 2.43. The lowest BCUT2D eigenvalue weighted by Gasteiger charge is -2.33. The van der Waals surface area contributed by atoms with Gasteiger partial charge in [-0.3, -0.25) is 4.79 Å². The lowest BCUT2D eigenvalue weighted by Crippen LogP contribution is -2.40. The Morgan fingerprint density at radius 2 is 2.05 bits per heavy atom. The van der Waals surface area contributed by atoms with Crippen molar-refractivity contribution in [2.24, 2.45) is 0 Å². The third-order valence-electron chi connectivity index (χ3n) is 3.87. The van der Waals surface area contributed by atoms with E-state index in [1.54, 1.807) is 21.0 Å². The van der Waals surface area contributed by atoms with Gasteiger partial charge in [-0.25, -0.2) is 0 Å². The zero-order chi connectivity index (χ0) is 15.6. The van der Waals surface area contributed by atoms with Crippen LogP contribution in [0.4, 0.5) is 0 Å². The molecule has 0 aromatic heterocycles. The molecule has 1 aromatic rings. The third-order valence-corrected chi connectivity index (χ3v) is 3.87. The molecule has 1 aromatic carbocycles. The van der Waals surface area contributed by atoms with Gasteiger partial charge in [-0.05, 0) is 26.8 Å². The summed E-state index contributed by atoms with van der Waals surface area (Å²) in [5, 5.41) is 0. The summed E-state index contributed by atoms with van der Waals surface area (Å²) in [7, 11) is 1.58. The molecule has 21 heavy (non-hydrogen) atoms. The van der Waals surface area contributed by atoms with Gasteiger partial charge in [0.05, 0.1) is 12.9 Å². The van der Waals surface area contributed by atoms with Crippen LogP contribution in [0.1, 0.15) is 38.7 Å². The van der Waals surface area contributed by atoms with Crippen molar-refractivity contribution in [2.45, 2.75) is 38.7 Å². The number of carbonyl (C=O) groups excluding carboxylic acids is 2. The standard InChI is InChI=1S/C17H20O4/c1-11(18)9-14(13-7-5-6-8-15(13)20-4)17(3)16(19)10-12(2)21-17/h5-8,10,14H,9H2,1-4H3/t14-,17-/m1/s1. The van der Waals surface area contributed by atoms with E-state index in [-0.39, 0.29) is 23.9 Å². The lowest BCUT2D eigenvalue weighted by atomic mass is 9.77. The number of ketones is 2.